The van der Waals surface area contributed by atoms with Crippen molar-refractivity contribution in [3.63, 3.8) is 0 Å². The molecular formula is C9H9ClF2O3S. The minimum Gasteiger partial charge on any atom is -0.496 e. The lowest BCUT2D eigenvalue weighted by Crippen LogP contribution is -2.05. The third-order valence-electron chi connectivity index (χ3n) is 1.94. The molecule has 0 amide bonds. The second-order valence-corrected chi connectivity index (χ2v) is 5.96. The molecule has 1 aromatic carbocycles. The van der Waals surface area contributed by atoms with Crippen molar-refractivity contribution in [1.82, 2.24) is 0 Å². The van der Waals surface area contributed by atoms with Gasteiger partial charge in [0.05, 0.1) is 12.9 Å². The van der Waals surface area contributed by atoms with Gasteiger partial charge in [0, 0.05) is 28.4 Å². The van der Waals surface area contributed by atoms with Crippen molar-refractivity contribution in [1.29, 1.82) is 0 Å². The summed E-state index contributed by atoms with van der Waals surface area (Å²) < 4.78 is 52.3. The summed E-state index contributed by atoms with van der Waals surface area (Å²) in [7, 11) is 2.52. The molecule has 0 spiro atoms. The zero-order chi connectivity index (χ0) is 12.3. The first-order valence-corrected chi connectivity index (χ1v) is 6.75. The maximum atomic E-state index is 13.3. The molecule has 1 rings (SSSR count). The molecule has 0 aromatic heterocycles. The van der Waals surface area contributed by atoms with Crippen molar-refractivity contribution < 1.29 is 21.9 Å². The Bertz CT molecular complexity index is 488. The summed E-state index contributed by atoms with van der Waals surface area (Å²) in [6, 6.07) is 1.65. The second kappa shape index (κ2) is 4.97. The first kappa shape index (κ1) is 13.2. The van der Waals surface area contributed by atoms with E-state index in [1.807, 2.05) is 0 Å². The molecule has 1 aromatic rings. The SMILES string of the molecule is COc1cc(F)cc(F)c1CCS(=O)(=O)Cl. The van der Waals surface area contributed by atoms with Crippen molar-refractivity contribution in [2.24, 2.45) is 0 Å². The summed E-state index contributed by atoms with van der Waals surface area (Å²) in [6.07, 6.45) is -0.166. The smallest absolute Gasteiger partial charge is 0.232 e. The topological polar surface area (TPSA) is 43.4 Å². The molecule has 0 atom stereocenters. The van der Waals surface area contributed by atoms with E-state index in [0.717, 1.165) is 6.07 Å². The van der Waals surface area contributed by atoms with Gasteiger partial charge in [-0.05, 0) is 6.42 Å². The lowest BCUT2D eigenvalue weighted by molar-refractivity contribution is 0.400. The van der Waals surface area contributed by atoms with E-state index in [0.29, 0.717) is 6.07 Å². The van der Waals surface area contributed by atoms with Crippen molar-refractivity contribution in [3.05, 3.63) is 29.3 Å². The maximum Gasteiger partial charge on any atom is 0.232 e. The predicted molar refractivity (Wildman–Crippen MR) is 56.3 cm³/mol. The standard InChI is InChI=1S/C9H9ClF2O3S/c1-15-9-5-6(11)4-8(12)7(9)2-3-16(10,13)14/h4-5H,2-3H2,1H3. The minimum absolute atomic E-state index is 0.00637. The van der Waals surface area contributed by atoms with Gasteiger partial charge in [-0.15, -0.1) is 0 Å². The van der Waals surface area contributed by atoms with Gasteiger partial charge in [0.1, 0.15) is 17.4 Å². The summed E-state index contributed by atoms with van der Waals surface area (Å²) in [5.41, 5.74) is -0.00637. The molecular weight excluding hydrogens is 262 g/mol. The van der Waals surface area contributed by atoms with Crippen LogP contribution < -0.4 is 4.74 Å². The average molecular weight is 271 g/mol. The van der Waals surface area contributed by atoms with E-state index in [1.165, 1.54) is 7.11 Å². The van der Waals surface area contributed by atoms with Gasteiger partial charge in [0.15, 0.2) is 0 Å². The molecule has 3 nitrogen and oxygen atoms in total. The molecule has 0 N–H and O–H groups in total. The fourth-order valence-electron chi connectivity index (χ4n) is 1.23. The summed E-state index contributed by atoms with van der Waals surface area (Å²) in [4.78, 5) is 0. The van der Waals surface area contributed by atoms with Gasteiger partial charge in [0.25, 0.3) is 0 Å². The van der Waals surface area contributed by atoms with E-state index in [1.54, 1.807) is 0 Å². The van der Waals surface area contributed by atoms with Crippen LogP contribution in [-0.2, 0) is 15.5 Å². The van der Waals surface area contributed by atoms with E-state index in [2.05, 4.69) is 0 Å². The maximum absolute atomic E-state index is 13.3. The molecule has 0 fully saturated rings. The number of rotatable bonds is 4. The molecule has 90 valence electrons. The average Bonchev–Trinajstić information content (AvgIpc) is 2.13. The Hall–Kier alpha value is -0.880. The molecule has 0 bridgehead atoms. The number of hydrogen-bond acceptors (Lipinski definition) is 3. The van der Waals surface area contributed by atoms with Gasteiger partial charge >= 0.3 is 0 Å². The number of methoxy groups -OCH3 is 1. The number of hydrogen-bond donors (Lipinski definition) is 0. The quantitative estimate of drug-likeness (QED) is 0.787. The Morgan fingerprint density at radius 1 is 1.38 bits per heavy atom. The van der Waals surface area contributed by atoms with Crippen molar-refractivity contribution in [2.75, 3.05) is 12.9 Å². The van der Waals surface area contributed by atoms with Crippen LogP contribution in [0.4, 0.5) is 8.78 Å². The number of benzene rings is 1. The zero-order valence-corrected chi connectivity index (χ0v) is 9.91. The van der Waals surface area contributed by atoms with Crippen LogP contribution >= 0.6 is 10.7 Å². The third kappa shape index (κ3) is 3.61. The van der Waals surface area contributed by atoms with E-state index >= 15 is 0 Å². The van der Waals surface area contributed by atoms with Crippen LogP contribution in [0.1, 0.15) is 5.56 Å². The van der Waals surface area contributed by atoms with Crippen LogP contribution in [0.15, 0.2) is 12.1 Å². The summed E-state index contributed by atoms with van der Waals surface area (Å²) in [5.74, 6) is -2.10. The van der Waals surface area contributed by atoms with Gasteiger partial charge in [-0.1, -0.05) is 0 Å². The largest absolute Gasteiger partial charge is 0.496 e. The Kier molecular flexibility index (Phi) is 4.09. The van der Waals surface area contributed by atoms with E-state index in [-0.39, 0.29) is 17.7 Å². The van der Waals surface area contributed by atoms with Gasteiger partial charge < -0.3 is 4.74 Å². The monoisotopic (exact) mass is 270 g/mol. The van der Waals surface area contributed by atoms with Crippen LogP contribution in [0.25, 0.3) is 0 Å². The normalized spacial score (nSPS) is 11.5. The zero-order valence-electron chi connectivity index (χ0n) is 8.34. The first-order chi connectivity index (χ1) is 7.33. The first-order valence-electron chi connectivity index (χ1n) is 4.27. The molecule has 0 saturated carbocycles. The molecule has 0 unspecified atom stereocenters. The summed E-state index contributed by atoms with van der Waals surface area (Å²) in [5, 5.41) is 0. The molecule has 0 aliphatic heterocycles. The van der Waals surface area contributed by atoms with Crippen LogP contribution in [0.5, 0.6) is 5.75 Å². The van der Waals surface area contributed by atoms with Crippen LogP contribution in [-0.4, -0.2) is 21.3 Å². The van der Waals surface area contributed by atoms with Gasteiger partial charge in [-0.3, -0.25) is 0 Å². The Labute approximate surface area is 96.4 Å². The highest BCUT2D eigenvalue weighted by atomic mass is 35.7. The highest BCUT2D eigenvalue weighted by molar-refractivity contribution is 8.13. The van der Waals surface area contributed by atoms with Crippen LogP contribution in [0.2, 0.25) is 0 Å². The van der Waals surface area contributed by atoms with Crippen LogP contribution in [0.3, 0.4) is 0 Å². The summed E-state index contributed by atoms with van der Waals surface area (Å²) >= 11 is 0. The molecule has 7 heteroatoms. The fourth-order valence-corrected chi connectivity index (χ4v) is 1.91. The van der Waals surface area contributed by atoms with Gasteiger partial charge in [-0.2, -0.15) is 0 Å². The molecule has 0 aliphatic carbocycles. The molecule has 0 heterocycles. The lowest BCUT2D eigenvalue weighted by Gasteiger charge is -2.08. The van der Waals surface area contributed by atoms with E-state index < -0.39 is 26.4 Å². The highest BCUT2D eigenvalue weighted by Crippen LogP contribution is 2.24. The predicted octanol–water partition coefficient (Wildman–Crippen LogP) is 2.08. The van der Waals surface area contributed by atoms with Gasteiger partial charge in [0.2, 0.25) is 9.05 Å². The fraction of sp³-hybridized carbons (Fsp3) is 0.333. The number of ether oxygens (including phenoxy) is 1. The van der Waals surface area contributed by atoms with Gasteiger partial charge in [-0.25, -0.2) is 17.2 Å². The van der Waals surface area contributed by atoms with Crippen molar-refractivity contribution in [2.45, 2.75) is 6.42 Å². The minimum atomic E-state index is -3.72. The van der Waals surface area contributed by atoms with Crippen molar-refractivity contribution >= 4 is 19.7 Å². The lowest BCUT2D eigenvalue weighted by atomic mass is 10.1. The Balaban J connectivity index is 3.03. The second-order valence-electron chi connectivity index (χ2n) is 3.06. The van der Waals surface area contributed by atoms with E-state index in [9.17, 15) is 17.2 Å². The van der Waals surface area contributed by atoms with Crippen LogP contribution in [0, 0.1) is 11.6 Å². The molecule has 16 heavy (non-hydrogen) atoms. The number of halogens is 3. The highest BCUT2D eigenvalue weighted by Gasteiger charge is 2.15. The molecule has 0 saturated heterocycles. The third-order valence-corrected chi connectivity index (χ3v) is 3.09. The van der Waals surface area contributed by atoms with Crippen molar-refractivity contribution in [3.8, 4) is 5.75 Å². The summed E-state index contributed by atoms with van der Waals surface area (Å²) in [6.45, 7) is 0. The Morgan fingerprint density at radius 3 is 2.50 bits per heavy atom. The Morgan fingerprint density at radius 2 is 2.00 bits per heavy atom. The molecule has 0 radical (unpaired) electrons. The molecule has 0 aliphatic rings. The van der Waals surface area contributed by atoms with E-state index in [4.69, 9.17) is 15.4 Å².